The van der Waals surface area contributed by atoms with Crippen molar-refractivity contribution in [3.63, 3.8) is 0 Å². The monoisotopic (exact) mass is 345 g/mol. The quantitative estimate of drug-likeness (QED) is 0.772. The average molecular weight is 345 g/mol. The summed E-state index contributed by atoms with van der Waals surface area (Å²) in [5.74, 6) is 0.878. The molecule has 1 fully saturated rings. The van der Waals surface area contributed by atoms with Crippen molar-refractivity contribution in [1.82, 2.24) is 4.98 Å². The summed E-state index contributed by atoms with van der Waals surface area (Å²) in [6.45, 7) is 5.73. The Morgan fingerprint density at radius 1 is 0.952 bits per heavy atom. The second kappa shape index (κ2) is 6.06. The summed E-state index contributed by atoms with van der Waals surface area (Å²) in [5, 5.41) is 0. The van der Waals surface area contributed by atoms with E-state index in [2.05, 4.69) is 37.7 Å². The summed E-state index contributed by atoms with van der Waals surface area (Å²) in [4.78, 5) is 9.26. The molecule has 1 aliphatic heterocycles. The number of pyridine rings is 1. The molecule has 5 heteroatoms. The number of piperazine rings is 1. The topological polar surface area (TPSA) is 19.4 Å². The molecular formula is C16H17AsFN3. The first-order valence-corrected chi connectivity index (χ1v) is 7.99. The van der Waals surface area contributed by atoms with Gasteiger partial charge in [-0.15, -0.1) is 0 Å². The maximum absolute atomic E-state index is 13.0. The van der Waals surface area contributed by atoms with E-state index in [0.29, 0.717) is 0 Å². The summed E-state index contributed by atoms with van der Waals surface area (Å²) in [6.07, 6.45) is 0. The van der Waals surface area contributed by atoms with Gasteiger partial charge in [-0.05, 0) is 0 Å². The molecular weight excluding hydrogens is 328 g/mol. The van der Waals surface area contributed by atoms with E-state index >= 15 is 0 Å². The van der Waals surface area contributed by atoms with Gasteiger partial charge in [-0.1, -0.05) is 0 Å². The fourth-order valence-electron chi connectivity index (χ4n) is 2.60. The third-order valence-corrected chi connectivity index (χ3v) is 4.50. The number of anilines is 2. The third kappa shape index (κ3) is 3.21. The van der Waals surface area contributed by atoms with Crippen molar-refractivity contribution in [3.8, 4) is 0 Å². The Bertz CT molecular complexity index is 622. The number of hydrogen-bond acceptors (Lipinski definition) is 3. The van der Waals surface area contributed by atoms with E-state index < -0.39 is 0 Å². The van der Waals surface area contributed by atoms with Crippen molar-refractivity contribution < 1.29 is 4.39 Å². The number of aromatic nitrogens is 1. The van der Waals surface area contributed by atoms with E-state index in [1.807, 2.05) is 25.1 Å². The molecule has 0 bridgehead atoms. The van der Waals surface area contributed by atoms with Gasteiger partial charge in [0.15, 0.2) is 0 Å². The summed E-state index contributed by atoms with van der Waals surface area (Å²) in [5.41, 5.74) is 2.13. The van der Waals surface area contributed by atoms with Gasteiger partial charge in [0.1, 0.15) is 0 Å². The number of benzene rings is 1. The van der Waals surface area contributed by atoms with Crippen molar-refractivity contribution in [3.05, 3.63) is 47.9 Å². The summed E-state index contributed by atoms with van der Waals surface area (Å²) < 4.78 is 14.1. The van der Waals surface area contributed by atoms with E-state index in [0.717, 1.165) is 47.7 Å². The molecule has 0 spiro atoms. The minimum absolute atomic E-state index is 0.185. The Labute approximate surface area is 133 Å². The molecule has 108 valence electrons. The molecule has 2 heterocycles. The molecule has 0 saturated carbocycles. The Kier molecular flexibility index (Phi) is 4.16. The second-order valence-corrected chi connectivity index (χ2v) is 6.26. The number of hydrogen-bond donors (Lipinski definition) is 0. The SMILES string of the molecule is Cc1ccc([As])c(N2CCN(c3ccc(F)cc3)CC2)n1. The van der Waals surface area contributed by atoms with E-state index in [1.165, 1.54) is 12.1 Å². The van der Waals surface area contributed by atoms with Crippen LogP contribution in [0.25, 0.3) is 0 Å². The van der Waals surface area contributed by atoms with Crippen LogP contribution in [0.3, 0.4) is 0 Å². The van der Waals surface area contributed by atoms with Crippen molar-refractivity contribution >= 4 is 32.7 Å². The molecule has 2 aromatic rings. The molecule has 1 aromatic heterocycles. The molecule has 0 N–H and O–H groups in total. The van der Waals surface area contributed by atoms with Crippen LogP contribution in [-0.4, -0.2) is 48.0 Å². The van der Waals surface area contributed by atoms with Crippen molar-refractivity contribution in [1.29, 1.82) is 0 Å². The van der Waals surface area contributed by atoms with Crippen molar-refractivity contribution in [2.24, 2.45) is 0 Å². The molecule has 0 amide bonds. The van der Waals surface area contributed by atoms with Crippen LogP contribution < -0.4 is 14.2 Å². The zero-order chi connectivity index (χ0) is 14.8. The van der Waals surface area contributed by atoms with Crippen LogP contribution >= 0.6 is 0 Å². The normalized spacial score (nSPS) is 15.4. The van der Waals surface area contributed by atoms with E-state index in [-0.39, 0.29) is 5.82 Å². The number of nitrogens with zero attached hydrogens (tertiary/aromatic N) is 3. The van der Waals surface area contributed by atoms with Gasteiger partial charge < -0.3 is 0 Å². The summed E-state index contributed by atoms with van der Waals surface area (Å²) in [7, 11) is 0. The summed E-state index contributed by atoms with van der Waals surface area (Å²) >= 11 is 2.60. The average Bonchev–Trinajstić information content (AvgIpc) is 2.51. The Morgan fingerprint density at radius 3 is 2.24 bits per heavy atom. The predicted molar refractivity (Wildman–Crippen MR) is 85.2 cm³/mol. The van der Waals surface area contributed by atoms with Crippen molar-refractivity contribution in [2.45, 2.75) is 6.92 Å². The van der Waals surface area contributed by atoms with Gasteiger partial charge >= 0.3 is 133 Å². The van der Waals surface area contributed by atoms with Gasteiger partial charge in [0.25, 0.3) is 0 Å². The predicted octanol–water partition coefficient (Wildman–Crippen LogP) is 1.65. The molecule has 1 aromatic carbocycles. The number of rotatable bonds is 2. The molecule has 1 saturated heterocycles. The number of halogens is 1. The Balaban J connectivity index is 1.70. The molecule has 0 unspecified atom stereocenters. The summed E-state index contributed by atoms with van der Waals surface area (Å²) in [6, 6.07) is 10.9. The first kappa shape index (κ1) is 14.4. The van der Waals surface area contributed by atoms with Crippen LogP contribution in [0, 0.1) is 12.7 Å². The van der Waals surface area contributed by atoms with E-state index in [4.69, 9.17) is 0 Å². The van der Waals surface area contributed by atoms with Crippen LogP contribution in [-0.2, 0) is 0 Å². The first-order valence-electron chi connectivity index (χ1n) is 7.05. The molecule has 1 aliphatic rings. The van der Waals surface area contributed by atoms with Crippen LogP contribution in [0.1, 0.15) is 5.69 Å². The van der Waals surface area contributed by atoms with Crippen LogP contribution in [0.5, 0.6) is 0 Å². The molecule has 21 heavy (non-hydrogen) atoms. The Morgan fingerprint density at radius 2 is 1.57 bits per heavy atom. The standard InChI is InChI=1S/C16H17AsFN3/c1-12-2-7-15(17)16(19-12)21-10-8-20(9-11-21)14-5-3-13(18)4-6-14/h2-7H,8-11H2,1H3. The maximum atomic E-state index is 13.0. The first-order chi connectivity index (χ1) is 10.1. The van der Waals surface area contributed by atoms with Crippen molar-refractivity contribution in [2.75, 3.05) is 36.0 Å². The molecule has 0 atom stereocenters. The minimum atomic E-state index is -0.185. The fraction of sp³-hybridized carbons (Fsp3) is 0.312. The van der Waals surface area contributed by atoms with Gasteiger partial charge in [0, 0.05) is 0 Å². The number of aryl methyl sites for hydroxylation is 1. The van der Waals surface area contributed by atoms with Gasteiger partial charge in [-0.25, -0.2) is 0 Å². The zero-order valence-corrected chi connectivity index (χ0v) is 13.8. The van der Waals surface area contributed by atoms with Gasteiger partial charge in [0.2, 0.25) is 0 Å². The zero-order valence-electron chi connectivity index (χ0n) is 12.0. The second-order valence-electron chi connectivity index (χ2n) is 5.25. The van der Waals surface area contributed by atoms with Gasteiger partial charge in [0.05, 0.1) is 0 Å². The van der Waals surface area contributed by atoms with E-state index in [1.54, 1.807) is 0 Å². The molecule has 3 nitrogen and oxygen atoms in total. The Hall–Kier alpha value is -1.54. The van der Waals surface area contributed by atoms with Crippen LogP contribution in [0.2, 0.25) is 0 Å². The molecule has 0 aliphatic carbocycles. The molecule has 3 rings (SSSR count). The fourth-order valence-corrected chi connectivity index (χ4v) is 3.15. The van der Waals surface area contributed by atoms with Crippen LogP contribution in [0.15, 0.2) is 36.4 Å². The van der Waals surface area contributed by atoms with Gasteiger partial charge in [-0.2, -0.15) is 0 Å². The molecule has 2 radical (unpaired) electrons. The van der Waals surface area contributed by atoms with Crippen LogP contribution in [0.4, 0.5) is 15.9 Å². The van der Waals surface area contributed by atoms with Gasteiger partial charge in [-0.3, -0.25) is 0 Å². The third-order valence-electron chi connectivity index (χ3n) is 3.76. The van der Waals surface area contributed by atoms with E-state index in [9.17, 15) is 4.39 Å².